The Morgan fingerprint density at radius 2 is 1.70 bits per heavy atom. The van der Waals surface area contributed by atoms with E-state index in [0.29, 0.717) is 16.3 Å². The van der Waals surface area contributed by atoms with Crippen molar-refractivity contribution >= 4 is 29.4 Å². The number of halogens is 1. The number of Topliss-reactive ketones (excluding diaryl/α,β-unsaturated/α-hetero) is 1. The number of carbonyl (C=O) groups is 2. The molecule has 1 aliphatic rings. The van der Waals surface area contributed by atoms with Crippen LogP contribution in [0.25, 0.3) is 6.08 Å². The molecule has 0 bridgehead atoms. The lowest BCUT2D eigenvalue weighted by Gasteiger charge is -2.06. The van der Waals surface area contributed by atoms with Crippen LogP contribution < -0.4 is 9.47 Å². The molecule has 0 amide bonds. The minimum Gasteiger partial charge on any atom is -0.452 e. The number of rotatable bonds is 3. The second-order valence-electron chi connectivity index (χ2n) is 5.88. The number of hydrogen-bond donors (Lipinski definition) is 0. The summed E-state index contributed by atoms with van der Waals surface area (Å²) in [5, 5.41) is 0.308. The van der Waals surface area contributed by atoms with E-state index in [9.17, 15) is 9.59 Å². The first kappa shape index (κ1) is 17.1. The third-order valence-corrected chi connectivity index (χ3v) is 4.37. The first-order valence-electron chi connectivity index (χ1n) is 8.22. The number of hydrogen-bond acceptors (Lipinski definition) is 4. The zero-order valence-corrected chi connectivity index (χ0v) is 14.8. The van der Waals surface area contributed by atoms with Crippen LogP contribution in [-0.4, -0.2) is 11.8 Å². The number of benzene rings is 3. The van der Waals surface area contributed by atoms with E-state index in [2.05, 4.69) is 0 Å². The van der Waals surface area contributed by atoms with Gasteiger partial charge in [0.25, 0.3) is 0 Å². The molecule has 5 heteroatoms. The van der Waals surface area contributed by atoms with Gasteiger partial charge in [0.15, 0.2) is 5.76 Å². The predicted molar refractivity (Wildman–Crippen MR) is 102 cm³/mol. The summed E-state index contributed by atoms with van der Waals surface area (Å²) >= 11 is 6.02. The van der Waals surface area contributed by atoms with E-state index in [1.54, 1.807) is 42.5 Å². The van der Waals surface area contributed by atoms with Gasteiger partial charge in [-0.05, 0) is 35.9 Å². The zero-order valence-electron chi connectivity index (χ0n) is 14.0. The Kier molecular flexibility index (Phi) is 4.48. The molecule has 4 nitrogen and oxygen atoms in total. The lowest BCUT2D eigenvalue weighted by atomic mass is 10.1. The quantitative estimate of drug-likeness (QED) is 0.359. The van der Waals surface area contributed by atoms with Gasteiger partial charge in [-0.25, -0.2) is 4.79 Å². The average Bonchev–Trinajstić information content (AvgIpc) is 2.98. The number of ketones is 1. The van der Waals surface area contributed by atoms with Crippen LogP contribution in [0.2, 0.25) is 5.02 Å². The van der Waals surface area contributed by atoms with Crippen LogP contribution in [0.4, 0.5) is 0 Å². The van der Waals surface area contributed by atoms with Gasteiger partial charge in [0, 0.05) is 6.07 Å². The van der Waals surface area contributed by atoms with Gasteiger partial charge < -0.3 is 9.47 Å². The van der Waals surface area contributed by atoms with Crippen LogP contribution in [0.3, 0.4) is 0 Å². The fourth-order valence-corrected chi connectivity index (χ4v) is 2.93. The Morgan fingerprint density at radius 3 is 2.48 bits per heavy atom. The molecule has 3 aromatic rings. The molecule has 4 rings (SSSR count). The van der Waals surface area contributed by atoms with Gasteiger partial charge in [-0.1, -0.05) is 54.1 Å². The second kappa shape index (κ2) is 7.09. The van der Waals surface area contributed by atoms with Gasteiger partial charge in [0.2, 0.25) is 5.78 Å². The summed E-state index contributed by atoms with van der Waals surface area (Å²) < 4.78 is 11.0. The van der Waals surface area contributed by atoms with Gasteiger partial charge in [-0.15, -0.1) is 0 Å². The third-order valence-electron chi connectivity index (χ3n) is 4.04. The summed E-state index contributed by atoms with van der Waals surface area (Å²) in [6.45, 7) is 0. The van der Waals surface area contributed by atoms with Crippen LogP contribution in [0.5, 0.6) is 11.5 Å². The second-order valence-corrected chi connectivity index (χ2v) is 6.28. The average molecular weight is 377 g/mol. The highest BCUT2D eigenvalue weighted by Gasteiger charge is 2.28. The Labute approximate surface area is 160 Å². The van der Waals surface area contributed by atoms with Crippen molar-refractivity contribution in [2.75, 3.05) is 0 Å². The molecule has 0 fully saturated rings. The van der Waals surface area contributed by atoms with Crippen LogP contribution in [0.1, 0.15) is 26.3 Å². The Bertz CT molecular complexity index is 1070. The summed E-state index contributed by atoms with van der Waals surface area (Å²) in [6.07, 6.45) is 1.68. The summed E-state index contributed by atoms with van der Waals surface area (Å²) in [7, 11) is 0. The van der Waals surface area contributed by atoms with Crippen LogP contribution >= 0.6 is 11.6 Å². The van der Waals surface area contributed by atoms with E-state index in [1.165, 1.54) is 6.07 Å². The van der Waals surface area contributed by atoms with E-state index in [4.69, 9.17) is 21.1 Å². The first-order valence-corrected chi connectivity index (χ1v) is 8.60. The highest BCUT2D eigenvalue weighted by molar-refractivity contribution is 6.33. The molecule has 0 saturated heterocycles. The Balaban J connectivity index is 1.57. The number of allylic oxidation sites excluding steroid dienone is 1. The van der Waals surface area contributed by atoms with Crippen molar-refractivity contribution in [3.63, 3.8) is 0 Å². The SMILES string of the molecule is O=C(Oc1ccc2c(c1)OC(=Cc1ccccc1)C2=O)c1ccccc1Cl. The van der Waals surface area contributed by atoms with Gasteiger partial charge in [0.05, 0.1) is 16.1 Å². The molecular formula is C22H13ClO4. The third kappa shape index (κ3) is 3.48. The fourth-order valence-electron chi connectivity index (χ4n) is 2.72. The van der Waals surface area contributed by atoms with Gasteiger partial charge in [-0.2, -0.15) is 0 Å². The van der Waals surface area contributed by atoms with Crippen LogP contribution in [-0.2, 0) is 0 Å². The molecule has 0 radical (unpaired) electrons. The molecule has 0 saturated carbocycles. The lowest BCUT2D eigenvalue weighted by Crippen LogP contribution is -2.09. The van der Waals surface area contributed by atoms with Crippen molar-refractivity contribution in [2.24, 2.45) is 0 Å². The number of esters is 1. The molecule has 132 valence electrons. The zero-order chi connectivity index (χ0) is 18.8. The molecule has 1 heterocycles. The van der Waals surface area contributed by atoms with Crippen LogP contribution in [0, 0.1) is 0 Å². The molecule has 0 atom stereocenters. The van der Waals surface area contributed by atoms with Crippen molar-refractivity contribution in [1.29, 1.82) is 0 Å². The van der Waals surface area contributed by atoms with Crippen molar-refractivity contribution in [3.8, 4) is 11.5 Å². The monoisotopic (exact) mass is 376 g/mol. The van der Waals surface area contributed by atoms with Crippen molar-refractivity contribution in [3.05, 3.63) is 100 Å². The maximum atomic E-state index is 12.5. The molecular weight excluding hydrogens is 364 g/mol. The van der Waals surface area contributed by atoms with Gasteiger partial charge in [-0.3, -0.25) is 4.79 Å². The van der Waals surface area contributed by atoms with E-state index in [0.717, 1.165) is 5.56 Å². The molecule has 0 unspecified atom stereocenters. The lowest BCUT2D eigenvalue weighted by molar-refractivity contribution is 0.0734. The van der Waals surface area contributed by atoms with Crippen molar-refractivity contribution in [2.45, 2.75) is 0 Å². The molecule has 0 spiro atoms. The normalized spacial score (nSPS) is 14.0. The topological polar surface area (TPSA) is 52.6 Å². The Hall–Kier alpha value is -3.37. The molecule has 1 aliphatic heterocycles. The summed E-state index contributed by atoms with van der Waals surface area (Å²) in [5.41, 5.74) is 1.55. The van der Waals surface area contributed by atoms with Gasteiger partial charge in [0.1, 0.15) is 11.5 Å². The summed E-state index contributed by atoms with van der Waals surface area (Å²) in [5.74, 6) is 0.0626. The minimum absolute atomic E-state index is 0.210. The van der Waals surface area contributed by atoms with E-state index in [1.807, 2.05) is 30.3 Å². The maximum Gasteiger partial charge on any atom is 0.345 e. The number of ether oxygens (including phenoxy) is 2. The standard InChI is InChI=1S/C22H13ClO4/c23-18-9-5-4-8-16(18)22(25)26-15-10-11-17-19(13-15)27-20(21(17)24)12-14-6-2-1-3-7-14/h1-13H. The van der Waals surface area contributed by atoms with Crippen molar-refractivity contribution in [1.82, 2.24) is 0 Å². The molecule has 27 heavy (non-hydrogen) atoms. The highest BCUT2D eigenvalue weighted by atomic mass is 35.5. The number of fused-ring (bicyclic) bond motifs is 1. The van der Waals surface area contributed by atoms with Crippen LogP contribution in [0.15, 0.2) is 78.6 Å². The molecule has 3 aromatic carbocycles. The summed E-state index contributed by atoms with van der Waals surface area (Å²) in [6, 6.07) is 20.7. The van der Waals surface area contributed by atoms with E-state index < -0.39 is 5.97 Å². The largest absolute Gasteiger partial charge is 0.452 e. The van der Waals surface area contributed by atoms with Gasteiger partial charge >= 0.3 is 5.97 Å². The number of carbonyl (C=O) groups excluding carboxylic acids is 2. The fraction of sp³-hybridized carbons (Fsp3) is 0. The maximum absolute atomic E-state index is 12.5. The van der Waals surface area contributed by atoms with E-state index in [-0.39, 0.29) is 22.9 Å². The van der Waals surface area contributed by atoms with Crippen molar-refractivity contribution < 1.29 is 19.1 Å². The minimum atomic E-state index is -0.579. The van der Waals surface area contributed by atoms with E-state index >= 15 is 0 Å². The first-order chi connectivity index (χ1) is 13.1. The molecule has 0 aliphatic carbocycles. The molecule has 0 N–H and O–H groups in total. The highest BCUT2D eigenvalue weighted by Crippen LogP contribution is 2.35. The molecule has 0 aromatic heterocycles. The summed E-state index contributed by atoms with van der Waals surface area (Å²) in [4.78, 5) is 24.8. The Morgan fingerprint density at radius 1 is 0.963 bits per heavy atom. The smallest absolute Gasteiger partial charge is 0.345 e. The predicted octanol–water partition coefficient (Wildman–Crippen LogP) is 5.18.